The number of methoxy groups -OCH3 is 1. The number of nitrogens with zero attached hydrogens (tertiary/aromatic N) is 4. The van der Waals surface area contributed by atoms with Gasteiger partial charge in [-0.25, -0.2) is 9.07 Å². The van der Waals surface area contributed by atoms with Crippen molar-refractivity contribution in [3.8, 4) is 11.5 Å². The fourth-order valence-corrected chi connectivity index (χ4v) is 2.50. The smallest absolute Gasteiger partial charge is 0.162 e. The Hall–Kier alpha value is -2.74. The van der Waals surface area contributed by atoms with Crippen LogP contribution in [0.25, 0.3) is 0 Å². The molecule has 2 aromatic carbocycles. The predicted molar refractivity (Wildman–Crippen MR) is 94.4 cm³/mol. The van der Waals surface area contributed by atoms with Crippen LogP contribution in [0, 0.1) is 5.82 Å². The molecule has 0 unspecified atom stereocenters. The van der Waals surface area contributed by atoms with Crippen LogP contribution in [0.2, 0.25) is 0 Å². The van der Waals surface area contributed by atoms with E-state index in [0.29, 0.717) is 17.1 Å². The summed E-state index contributed by atoms with van der Waals surface area (Å²) in [5, 5.41) is 11.6. The van der Waals surface area contributed by atoms with Crippen LogP contribution in [0.4, 0.5) is 4.39 Å². The minimum Gasteiger partial charge on any atom is -0.493 e. The van der Waals surface area contributed by atoms with Crippen molar-refractivity contribution in [1.82, 2.24) is 14.9 Å². The predicted octanol–water partition coefficient (Wildman–Crippen LogP) is 3.65. The number of hydrogen-bond acceptors (Lipinski definition) is 5. The Labute approximate surface area is 152 Å². The molecule has 1 aromatic heterocycles. The minimum atomic E-state index is -0.307. The summed E-state index contributed by atoms with van der Waals surface area (Å²) in [6.45, 7) is 0.101. The Morgan fingerprint density at radius 1 is 1.20 bits per heavy atom. The van der Waals surface area contributed by atoms with Crippen molar-refractivity contribution in [2.75, 3.05) is 7.11 Å². The topological polar surface area (TPSA) is 61.5 Å². The second-order valence-corrected chi connectivity index (χ2v) is 5.85. The van der Waals surface area contributed by atoms with Gasteiger partial charge in [-0.05, 0) is 34.1 Å². The van der Waals surface area contributed by atoms with Gasteiger partial charge in [0.25, 0.3) is 0 Å². The van der Waals surface area contributed by atoms with Gasteiger partial charge in [0.05, 0.1) is 13.3 Å². The van der Waals surface area contributed by atoms with Crippen molar-refractivity contribution in [2.45, 2.75) is 6.61 Å². The summed E-state index contributed by atoms with van der Waals surface area (Å²) in [5.74, 6) is 0.710. The number of hydrogen-bond donors (Lipinski definition) is 0. The van der Waals surface area contributed by atoms with Gasteiger partial charge in [0.2, 0.25) is 0 Å². The van der Waals surface area contributed by atoms with Crippen molar-refractivity contribution in [2.24, 2.45) is 5.10 Å². The Balaban J connectivity index is 1.80. The minimum absolute atomic E-state index is 0.101. The van der Waals surface area contributed by atoms with Crippen molar-refractivity contribution in [3.05, 3.63) is 70.5 Å². The number of halogens is 2. The molecule has 128 valence electrons. The monoisotopic (exact) mass is 404 g/mol. The zero-order valence-electron chi connectivity index (χ0n) is 13.3. The van der Waals surface area contributed by atoms with Crippen LogP contribution in [0.1, 0.15) is 11.1 Å². The van der Waals surface area contributed by atoms with Gasteiger partial charge in [0.1, 0.15) is 25.1 Å². The molecule has 0 spiro atoms. The lowest BCUT2D eigenvalue weighted by atomic mass is 10.2. The van der Waals surface area contributed by atoms with Gasteiger partial charge in [-0.1, -0.05) is 18.2 Å². The largest absolute Gasteiger partial charge is 0.493 e. The average Bonchev–Trinajstić information content (AvgIpc) is 3.13. The molecule has 0 amide bonds. The normalized spacial score (nSPS) is 11.0. The first-order chi connectivity index (χ1) is 12.2. The first kappa shape index (κ1) is 17.1. The third-order valence-corrected chi connectivity index (χ3v) is 4.05. The Morgan fingerprint density at radius 3 is 2.68 bits per heavy atom. The van der Waals surface area contributed by atoms with Gasteiger partial charge < -0.3 is 9.47 Å². The molecule has 0 saturated heterocycles. The lowest BCUT2D eigenvalue weighted by Crippen LogP contribution is -2.01. The second kappa shape index (κ2) is 7.89. The van der Waals surface area contributed by atoms with Gasteiger partial charge in [-0.2, -0.15) is 5.10 Å². The van der Waals surface area contributed by atoms with E-state index in [0.717, 1.165) is 10.0 Å². The quantitative estimate of drug-likeness (QED) is 0.588. The molecule has 0 aliphatic carbocycles. The van der Waals surface area contributed by atoms with Gasteiger partial charge >= 0.3 is 0 Å². The molecule has 0 aliphatic heterocycles. The van der Waals surface area contributed by atoms with E-state index in [9.17, 15) is 4.39 Å². The van der Waals surface area contributed by atoms with Crippen molar-refractivity contribution < 1.29 is 13.9 Å². The molecule has 3 aromatic rings. The molecule has 0 atom stereocenters. The highest BCUT2D eigenvalue weighted by Crippen LogP contribution is 2.33. The van der Waals surface area contributed by atoms with E-state index in [-0.39, 0.29) is 12.4 Å². The van der Waals surface area contributed by atoms with Crippen molar-refractivity contribution >= 4 is 22.1 Å². The maximum Gasteiger partial charge on any atom is 0.162 e. The van der Waals surface area contributed by atoms with Gasteiger partial charge in [-0.15, -0.1) is 10.2 Å². The average molecular weight is 405 g/mol. The Morgan fingerprint density at radius 2 is 1.96 bits per heavy atom. The van der Waals surface area contributed by atoms with Gasteiger partial charge in [0, 0.05) is 15.6 Å². The Bertz CT molecular complexity index is 884. The molecule has 0 fully saturated rings. The lowest BCUT2D eigenvalue weighted by Gasteiger charge is -2.13. The van der Waals surface area contributed by atoms with E-state index in [2.05, 4.69) is 31.2 Å². The van der Waals surface area contributed by atoms with Crippen molar-refractivity contribution in [3.63, 3.8) is 0 Å². The van der Waals surface area contributed by atoms with Crippen LogP contribution < -0.4 is 9.47 Å². The molecule has 0 saturated carbocycles. The molecular weight excluding hydrogens is 391 g/mol. The van der Waals surface area contributed by atoms with Crippen LogP contribution in [0.5, 0.6) is 11.5 Å². The highest BCUT2D eigenvalue weighted by molar-refractivity contribution is 9.10. The molecule has 0 radical (unpaired) electrons. The number of benzene rings is 2. The molecule has 0 aliphatic rings. The summed E-state index contributed by atoms with van der Waals surface area (Å²) < 4.78 is 27.0. The van der Waals surface area contributed by atoms with Crippen LogP contribution in [-0.4, -0.2) is 28.2 Å². The summed E-state index contributed by atoms with van der Waals surface area (Å²) in [4.78, 5) is 0. The number of aromatic nitrogens is 3. The van der Waals surface area contributed by atoms with Crippen LogP contribution in [0.3, 0.4) is 0 Å². The zero-order chi connectivity index (χ0) is 17.6. The summed E-state index contributed by atoms with van der Waals surface area (Å²) in [6.07, 6.45) is 4.59. The van der Waals surface area contributed by atoms with Gasteiger partial charge in [0.15, 0.2) is 11.5 Å². The van der Waals surface area contributed by atoms with Crippen LogP contribution in [0.15, 0.2) is 58.6 Å². The van der Waals surface area contributed by atoms with E-state index in [1.807, 2.05) is 0 Å². The SMILES string of the molecule is COc1cc(/C=N/n2cnnc2)c(Br)cc1OCc1ccccc1F. The second-order valence-electron chi connectivity index (χ2n) is 4.99. The van der Waals surface area contributed by atoms with E-state index >= 15 is 0 Å². The lowest BCUT2D eigenvalue weighted by molar-refractivity contribution is 0.279. The summed E-state index contributed by atoms with van der Waals surface area (Å²) in [6, 6.07) is 10.0. The molecule has 0 bridgehead atoms. The third-order valence-electron chi connectivity index (χ3n) is 3.36. The zero-order valence-corrected chi connectivity index (χ0v) is 14.9. The molecule has 6 nitrogen and oxygen atoms in total. The standard InChI is InChI=1S/C17H14BrFN4O2/c1-24-16-6-13(8-22-23-10-20-21-11-23)14(18)7-17(16)25-9-12-4-2-3-5-15(12)19/h2-8,10-11H,9H2,1H3/b22-8+. The van der Waals surface area contributed by atoms with E-state index < -0.39 is 0 Å². The molecule has 0 N–H and O–H groups in total. The van der Waals surface area contributed by atoms with E-state index in [1.165, 1.54) is 23.4 Å². The van der Waals surface area contributed by atoms with Crippen molar-refractivity contribution in [1.29, 1.82) is 0 Å². The third kappa shape index (κ3) is 4.21. The molecule has 3 rings (SSSR count). The maximum atomic E-state index is 13.7. The molecule has 25 heavy (non-hydrogen) atoms. The highest BCUT2D eigenvalue weighted by Gasteiger charge is 2.11. The first-order valence-electron chi connectivity index (χ1n) is 7.30. The fraction of sp³-hybridized carbons (Fsp3) is 0.118. The summed E-state index contributed by atoms with van der Waals surface area (Å²) in [5.41, 5.74) is 1.25. The highest BCUT2D eigenvalue weighted by atomic mass is 79.9. The Kier molecular flexibility index (Phi) is 5.39. The number of rotatable bonds is 6. The molecule has 1 heterocycles. The fourth-order valence-electron chi connectivity index (χ4n) is 2.08. The van der Waals surface area contributed by atoms with Crippen LogP contribution in [-0.2, 0) is 6.61 Å². The summed E-state index contributed by atoms with van der Waals surface area (Å²) >= 11 is 3.47. The first-order valence-corrected chi connectivity index (χ1v) is 8.09. The number of ether oxygens (including phenoxy) is 2. The van der Waals surface area contributed by atoms with Crippen LogP contribution >= 0.6 is 15.9 Å². The van der Waals surface area contributed by atoms with E-state index in [4.69, 9.17) is 9.47 Å². The van der Waals surface area contributed by atoms with E-state index in [1.54, 1.807) is 43.7 Å². The maximum absolute atomic E-state index is 13.7. The summed E-state index contributed by atoms with van der Waals surface area (Å²) in [7, 11) is 1.54. The van der Waals surface area contributed by atoms with Gasteiger partial charge in [-0.3, -0.25) is 0 Å². The molecule has 8 heteroatoms. The molecular formula is C17H14BrFN4O2.